The summed E-state index contributed by atoms with van der Waals surface area (Å²) in [6.45, 7) is -0.0597. The van der Waals surface area contributed by atoms with Crippen LogP contribution in [0.4, 0.5) is 0 Å². The number of nitrogens with zero attached hydrogens (tertiary/aromatic N) is 3. The van der Waals surface area contributed by atoms with Crippen molar-refractivity contribution in [2.75, 3.05) is 6.54 Å². The molecule has 0 radical (unpaired) electrons. The number of carbonyl (C=O) groups is 3. The first-order chi connectivity index (χ1) is 13.6. The van der Waals surface area contributed by atoms with Gasteiger partial charge in [-0.3, -0.25) is 29.3 Å². The fourth-order valence-electron chi connectivity index (χ4n) is 3.00. The third kappa shape index (κ3) is 3.37. The molecule has 0 saturated carbocycles. The number of fused-ring (bicyclic) bond motifs is 1. The van der Waals surface area contributed by atoms with E-state index in [0.717, 1.165) is 21.7 Å². The zero-order valence-corrected chi connectivity index (χ0v) is 14.8. The number of imide groups is 1. The van der Waals surface area contributed by atoms with Gasteiger partial charge in [0.15, 0.2) is 0 Å². The molecule has 1 aliphatic heterocycles. The first-order valence-electron chi connectivity index (χ1n) is 8.71. The maximum absolute atomic E-state index is 12.3. The van der Waals surface area contributed by atoms with E-state index in [1.165, 1.54) is 0 Å². The Morgan fingerprint density at radius 2 is 1.68 bits per heavy atom. The van der Waals surface area contributed by atoms with Crippen LogP contribution in [0.1, 0.15) is 26.3 Å². The normalized spacial score (nSPS) is 12.8. The van der Waals surface area contributed by atoms with Crippen LogP contribution in [0.2, 0.25) is 0 Å². The monoisotopic (exact) mass is 372 g/mol. The van der Waals surface area contributed by atoms with Crippen molar-refractivity contribution in [1.82, 2.24) is 20.2 Å². The molecule has 4 rings (SSSR count). The van der Waals surface area contributed by atoms with Gasteiger partial charge in [0.2, 0.25) is 5.91 Å². The van der Waals surface area contributed by atoms with Gasteiger partial charge >= 0.3 is 0 Å². The van der Waals surface area contributed by atoms with Gasteiger partial charge in [0.25, 0.3) is 11.8 Å². The average molecular weight is 372 g/mol. The minimum Gasteiger partial charge on any atom is -0.350 e. The predicted molar refractivity (Wildman–Crippen MR) is 101 cm³/mol. The first-order valence-corrected chi connectivity index (χ1v) is 8.71. The molecule has 1 aliphatic rings. The molecule has 0 spiro atoms. The minimum atomic E-state index is -0.446. The third-order valence-corrected chi connectivity index (χ3v) is 4.45. The molecule has 7 nitrogen and oxygen atoms in total. The summed E-state index contributed by atoms with van der Waals surface area (Å²) in [6.07, 6.45) is 5.10. The number of carbonyl (C=O) groups excluding carboxylic acids is 3. The van der Waals surface area contributed by atoms with Gasteiger partial charge in [-0.1, -0.05) is 18.2 Å². The molecule has 0 fully saturated rings. The van der Waals surface area contributed by atoms with Crippen molar-refractivity contribution >= 4 is 17.7 Å². The standard InChI is InChI=1S/C21H16N4O3/c26-19(13-25-20(27)16-5-1-2-6-17(16)21(25)28)24-11-14-7-8-18(23-10-14)15-4-3-9-22-12-15/h1-10,12H,11,13H2,(H,24,26). The number of pyridine rings is 2. The highest BCUT2D eigenvalue weighted by atomic mass is 16.2. The van der Waals surface area contributed by atoms with Gasteiger partial charge in [0.1, 0.15) is 6.54 Å². The fourth-order valence-corrected chi connectivity index (χ4v) is 3.00. The zero-order chi connectivity index (χ0) is 19.5. The van der Waals surface area contributed by atoms with Crippen molar-refractivity contribution in [1.29, 1.82) is 0 Å². The Labute approximate surface area is 161 Å². The SMILES string of the molecule is O=C(CN1C(=O)c2ccccc2C1=O)NCc1ccc(-c2cccnc2)nc1. The lowest BCUT2D eigenvalue weighted by atomic mass is 10.1. The van der Waals surface area contributed by atoms with E-state index in [2.05, 4.69) is 15.3 Å². The van der Waals surface area contributed by atoms with Crippen molar-refractivity contribution in [3.05, 3.63) is 83.8 Å². The van der Waals surface area contributed by atoms with E-state index in [0.29, 0.717) is 11.1 Å². The van der Waals surface area contributed by atoms with Gasteiger partial charge in [0, 0.05) is 30.7 Å². The van der Waals surface area contributed by atoms with E-state index < -0.39 is 17.7 Å². The molecule has 28 heavy (non-hydrogen) atoms. The van der Waals surface area contributed by atoms with Gasteiger partial charge in [-0.2, -0.15) is 0 Å². The molecule has 1 N–H and O–H groups in total. The number of aromatic nitrogens is 2. The van der Waals surface area contributed by atoms with Crippen molar-refractivity contribution in [3.63, 3.8) is 0 Å². The quantitative estimate of drug-likeness (QED) is 0.692. The predicted octanol–water partition coefficient (Wildman–Crippen LogP) is 2.06. The lowest BCUT2D eigenvalue weighted by molar-refractivity contribution is -0.121. The summed E-state index contributed by atoms with van der Waals surface area (Å²) in [6, 6.07) is 14.0. The van der Waals surface area contributed by atoms with Crippen LogP contribution in [0.15, 0.2) is 67.1 Å². The van der Waals surface area contributed by atoms with Gasteiger partial charge in [-0.15, -0.1) is 0 Å². The van der Waals surface area contributed by atoms with Crippen LogP contribution in [-0.4, -0.2) is 39.1 Å². The van der Waals surface area contributed by atoms with Crippen molar-refractivity contribution in [3.8, 4) is 11.3 Å². The van der Waals surface area contributed by atoms with Crippen LogP contribution in [-0.2, 0) is 11.3 Å². The van der Waals surface area contributed by atoms with Gasteiger partial charge in [0.05, 0.1) is 16.8 Å². The van der Waals surface area contributed by atoms with E-state index in [1.54, 1.807) is 42.9 Å². The van der Waals surface area contributed by atoms with E-state index in [9.17, 15) is 14.4 Å². The number of amides is 3. The van der Waals surface area contributed by atoms with Crippen LogP contribution in [0.25, 0.3) is 11.3 Å². The number of rotatable bonds is 5. The van der Waals surface area contributed by atoms with Crippen molar-refractivity contribution in [2.45, 2.75) is 6.54 Å². The second-order valence-electron chi connectivity index (χ2n) is 6.31. The lowest BCUT2D eigenvalue weighted by Gasteiger charge is -2.13. The van der Waals surface area contributed by atoms with Crippen molar-refractivity contribution in [2.24, 2.45) is 0 Å². The van der Waals surface area contributed by atoms with Crippen LogP contribution < -0.4 is 5.32 Å². The van der Waals surface area contributed by atoms with Gasteiger partial charge in [-0.05, 0) is 35.9 Å². The molecule has 3 amide bonds. The Balaban J connectivity index is 1.35. The Hall–Kier alpha value is -3.87. The average Bonchev–Trinajstić information content (AvgIpc) is 2.98. The molecule has 3 heterocycles. The summed E-state index contributed by atoms with van der Waals surface area (Å²) in [5.74, 6) is -1.30. The van der Waals surface area contributed by atoms with E-state index in [1.807, 2.05) is 24.3 Å². The molecular formula is C21H16N4O3. The Bertz CT molecular complexity index is 1010. The molecule has 3 aromatic rings. The molecule has 7 heteroatoms. The van der Waals surface area contributed by atoms with E-state index >= 15 is 0 Å². The summed E-state index contributed by atoms with van der Waals surface area (Å²) in [5.41, 5.74) is 3.16. The number of nitrogens with one attached hydrogen (secondary N) is 1. The van der Waals surface area contributed by atoms with Crippen LogP contribution in [0.3, 0.4) is 0 Å². The summed E-state index contributed by atoms with van der Waals surface area (Å²) >= 11 is 0. The molecule has 0 saturated heterocycles. The minimum absolute atomic E-state index is 0.252. The highest BCUT2D eigenvalue weighted by molar-refractivity contribution is 6.22. The molecule has 0 aliphatic carbocycles. The third-order valence-electron chi connectivity index (χ3n) is 4.45. The van der Waals surface area contributed by atoms with Crippen LogP contribution in [0.5, 0.6) is 0 Å². The highest BCUT2D eigenvalue weighted by Gasteiger charge is 2.36. The zero-order valence-electron chi connectivity index (χ0n) is 14.8. The van der Waals surface area contributed by atoms with E-state index in [-0.39, 0.29) is 13.1 Å². The van der Waals surface area contributed by atoms with Gasteiger partial charge < -0.3 is 5.32 Å². The summed E-state index contributed by atoms with van der Waals surface area (Å²) in [5, 5.41) is 2.72. The number of benzene rings is 1. The highest BCUT2D eigenvalue weighted by Crippen LogP contribution is 2.22. The lowest BCUT2D eigenvalue weighted by Crippen LogP contribution is -2.40. The topological polar surface area (TPSA) is 92.3 Å². The summed E-state index contributed by atoms with van der Waals surface area (Å²) in [4.78, 5) is 46.2. The van der Waals surface area contributed by atoms with Crippen LogP contribution in [0, 0.1) is 0 Å². The maximum Gasteiger partial charge on any atom is 0.262 e. The Kier molecular flexibility index (Phi) is 4.63. The van der Waals surface area contributed by atoms with Crippen LogP contribution >= 0.6 is 0 Å². The molecule has 0 atom stereocenters. The van der Waals surface area contributed by atoms with Gasteiger partial charge in [-0.25, -0.2) is 0 Å². The Morgan fingerprint density at radius 1 is 0.929 bits per heavy atom. The number of hydrogen-bond donors (Lipinski definition) is 1. The first kappa shape index (κ1) is 17.5. The summed E-state index contributed by atoms with van der Waals surface area (Å²) < 4.78 is 0. The molecular weight excluding hydrogens is 356 g/mol. The second kappa shape index (κ2) is 7.40. The molecule has 138 valence electrons. The maximum atomic E-state index is 12.3. The fraction of sp³-hybridized carbons (Fsp3) is 0.0952. The molecule has 2 aromatic heterocycles. The smallest absolute Gasteiger partial charge is 0.262 e. The second-order valence-corrected chi connectivity index (χ2v) is 6.31. The van der Waals surface area contributed by atoms with Crippen molar-refractivity contribution < 1.29 is 14.4 Å². The molecule has 1 aromatic carbocycles. The molecule has 0 unspecified atom stereocenters. The molecule has 0 bridgehead atoms. The Morgan fingerprint density at radius 3 is 2.29 bits per heavy atom. The largest absolute Gasteiger partial charge is 0.350 e. The summed E-state index contributed by atoms with van der Waals surface area (Å²) in [7, 11) is 0. The van der Waals surface area contributed by atoms with E-state index in [4.69, 9.17) is 0 Å². The number of hydrogen-bond acceptors (Lipinski definition) is 5.